The first-order valence-electron chi connectivity index (χ1n) is 9.64. The van der Waals surface area contributed by atoms with Gasteiger partial charge in [0.15, 0.2) is 0 Å². The summed E-state index contributed by atoms with van der Waals surface area (Å²) in [5, 5.41) is 12.5. The maximum Gasteiger partial charge on any atom is 0.230 e. The lowest BCUT2D eigenvalue weighted by Crippen LogP contribution is -2.49. The second-order valence-electron chi connectivity index (χ2n) is 7.45. The van der Waals surface area contributed by atoms with Gasteiger partial charge < -0.3 is 9.88 Å². The van der Waals surface area contributed by atoms with E-state index in [0.717, 1.165) is 55.9 Å². The van der Waals surface area contributed by atoms with Gasteiger partial charge in [0.2, 0.25) is 5.91 Å². The minimum Gasteiger partial charge on any atom is -0.355 e. The number of halogens is 1. The summed E-state index contributed by atoms with van der Waals surface area (Å²) in [4.78, 5) is 12.9. The van der Waals surface area contributed by atoms with Gasteiger partial charge in [0.1, 0.15) is 11.6 Å². The third kappa shape index (κ3) is 3.25. The van der Waals surface area contributed by atoms with E-state index in [1.807, 2.05) is 24.3 Å². The zero-order chi connectivity index (χ0) is 18.0. The van der Waals surface area contributed by atoms with Crippen molar-refractivity contribution in [2.45, 2.75) is 63.3 Å². The van der Waals surface area contributed by atoms with Crippen LogP contribution in [0.25, 0.3) is 0 Å². The molecule has 1 aliphatic heterocycles. The maximum atomic E-state index is 12.9. The largest absolute Gasteiger partial charge is 0.355 e. The van der Waals surface area contributed by atoms with Crippen LogP contribution in [0.5, 0.6) is 0 Å². The van der Waals surface area contributed by atoms with Crippen molar-refractivity contribution in [3.63, 3.8) is 0 Å². The van der Waals surface area contributed by atoms with E-state index in [4.69, 9.17) is 11.6 Å². The highest BCUT2D eigenvalue weighted by Gasteiger charge is 2.45. The predicted octanol–water partition coefficient (Wildman–Crippen LogP) is 3.44. The van der Waals surface area contributed by atoms with Crippen LogP contribution in [0.1, 0.15) is 55.7 Å². The van der Waals surface area contributed by atoms with Crippen LogP contribution in [0.4, 0.5) is 0 Å². The van der Waals surface area contributed by atoms with Crippen molar-refractivity contribution in [1.29, 1.82) is 0 Å². The first-order valence-corrected chi connectivity index (χ1v) is 10.0. The van der Waals surface area contributed by atoms with Crippen LogP contribution in [0.2, 0.25) is 5.02 Å². The smallest absolute Gasteiger partial charge is 0.230 e. The van der Waals surface area contributed by atoms with Gasteiger partial charge in [0.05, 0.1) is 5.41 Å². The van der Waals surface area contributed by atoms with Crippen molar-refractivity contribution in [1.82, 2.24) is 20.1 Å². The third-order valence-electron chi connectivity index (χ3n) is 5.84. The summed E-state index contributed by atoms with van der Waals surface area (Å²) < 4.78 is 2.25. The molecule has 1 aromatic carbocycles. The topological polar surface area (TPSA) is 59.8 Å². The summed E-state index contributed by atoms with van der Waals surface area (Å²) in [7, 11) is 0. The van der Waals surface area contributed by atoms with Crippen molar-refractivity contribution in [3.8, 4) is 0 Å². The lowest BCUT2D eigenvalue weighted by atomic mass is 9.64. The summed E-state index contributed by atoms with van der Waals surface area (Å²) >= 11 is 6.14. The molecule has 1 aromatic heterocycles. The van der Waals surface area contributed by atoms with Crippen LogP contribution in [0.15, 0.2) is 24.3 Å². The van der Waals surface area contributed by atoms with Crippen LogP contribution in [-0.4, -0.2) is 27.2 Å². The van der Waals surface area contributed by atoms with Gasteiger partial charge in [-0.3, -0.25) is 4.79 Å². The van der Waals surface area contributed by atoms with Crippen LogP contribution in [0, 0.1) is 0 Å². The number of nitrogens with zero attached hydrogens (tertiary/aromatic N) is 3. The van der Waals surface area contributed by atoms with Crippen molar-refractivity contribution in [3.05, 3.63) is 46.5 Å². The number of carbonyl (C=O) groups excluding carboxylic acids is 1. The molecule has 2 aromatic rings. The zero-order valence-corrected chi connectivity index (χ0v) is 15.8. The minimum absolute atomic E-state index is 0.113. The Balaban J connectivity index is 1.40. The Bertz CT molecular complexity index is 797. The quantitative estimate of drug-likeness (QED) is 0.874. The second kappa shape index (κ2) is 7.39. The van der Waals surface area contributed by atoms with E-state index in [0.29, 0.717) is 11.6 Å². The molecule has 1 saturated carbocycles. The summed E-state index contributed by atoms with van der Waals surface area (Å²) in [5.41, 5.74) is 0.622. The molecule has 4 rings (SSSR count). The highest BCUT2D eigenvalue weighted by Crippen LogP contribution is 2.44. The first kappa shape index (κ1) is 17.5. The maximum absolute atomic E-state index is 12.9. The zero-order valence-electron chi connectivity index (χ0n) is 15.0. The van der Waals surface area contributed by atoms with Gasteiger partial charge in [0, 0.05) is 31.0 Å². The van der Waals surface area contributed by atoms with Gasteiger partial charge in [-0.2, -0.15) is 0 Å². The van der Waals surface area contributed by atoms with Gasteiger partial charge in [0.25, 0.3) is 0 Å². The van der Waals surface area contributed by atoms with Crippen LogP contribution in [0.3, 0.4) is 0 Å². The molecule has 1 aliphatic carbocycles. The summed E-state index contributed by atoms with van der Waals surface area (Å²) in [6, 6.07) is 7.73. The lowest BCUT2D eigenvalue weighted by molar-refractivity contribution is -0.129. The Kier molecular flexibility index (Phi) is 4.98. The van der Waals surface area contributed by atoms with Crippen molar-refractivity contribution in [2.75, 3.05) is 6.54 Å². The van der Waals surface area contributed by atoms with Crippen LogP contribution in [-0.2, 0) is 29.6 Å². The average Bonchev–Trinajstić information content (AvgIpc) is 2.82. The van der Waals surface area contributed by atoms with E-state index in [1.54, 1.807) is 0 Å². The van der Waals surface area contributed by atoms with Gasteiger partial charge in [-0.15, -0.1) is 10.2 Å². The number of benzene rings is 1. The molecule has 0 spiro atoms. The minimum atomic E-state index is -0.410. The number of carbonyl (C=O) groups is 1. The molecule has 0 saturated heterocycles. The number of amides is 1. The molecule has 1 amide bonds. The van der Waals surface area contributed by atoms with Crippen LogP contribution < -0.4 is 5.32 Å². The van der Waals surface area contributed by atoms with Gasteiger partial charge >= 0.3 is 0 Å². The Morgan fingerprint density at radius 2 is 2.08 bits per heavy atom. The van der Waals surface area contributed by atoms with E-state index >= 15 is 0 Å². The predicted molar refractivity (Wildman–Crippen MR) is 101 cm³/mol. The average molecular weight is 373 g/mol. The number of rotatable bonds is 5. The Morgan fingerprint density at radius 1 is 1.19 bits per heavy atom. The van der Waals surface area contributed by atoms with E-state index < -0.39 is 5.41 Å². The van der Waals surface area contributed by atoms with Crippen molar-refractivity contribution < 1.29 is 4.79 Å². The van der Waals surface area contributed by atoms with E-state index in [-0.39, 0.29) is 5.91 Å². The number of aryl methyl sites for hydroxylation is 1. The molecule has 1 N–H and O–H groups in total. The molecule has 0 atom stereocenters. The van der Waals surface area contributed by atoms with E-state index in [2.05, 4.69) is 20.1 Å². The van der Waals surface area contributed by atoms with Gasteiger partial charge in [-0.25, -0.2) is 0 Å². The fourth-order valence-corrected chi connectivity index (χ4v) is 4.34. The molecule has 26 heavy (non-hydrogen) atoms. The first-order chi connectivity index (χ1) is 12.7. The summed E-state index contributed by atoms with van der Waals surface area (Å²) in [6.45, 7) is 1.59. The summed E-state index contributed by atoms with van der Waals surface area (Å²) in [5.74, 6) is 2.20. The SMILES string of the molecule is O=C(NCCc1nnc2n1CCCCC2)C1(c2cccc(Cl)c2)CCC1. The number of nitrogens with one attached hydrogen (secondary N) is 1. The highest BCUT2D eigenvalue weighted by molar-refractivity contribution is 6.30. The van der Waals surface area contributed by atoms with Crippen LogP contribution >= 0.6 is 11.6 Å². The van der Waals surface area contributed by atoms with Gasteiger partial charge in [-0.05, 0) is 43.4 Å². The molecule has 2 aliphatic rings. The van der Waals surface area contributed by atoms with Crippen molar-refractivity contribution in [2.24, 2.45) is 0 Å². The molecule has 1 fully saturated rings. The lowest BCUT2D eigenvalue weighted by Gasteiger charge is -2.40. The fraction of sp³-hybridized carbons (Fsp3) is 0.550. The molecular weight excluding hydrogens is 348 g/mol. The Labute approximate surface area is 159 Å². The standard InChI is InChI=1S/C20H25ClN4O/c21-16-7-4-6-15(14-16)20(10-5-11-20)19(26)22-12-9-18-24-23-17-8-2-1-3-13-25(17)18/h4,6-7,14H,1-3,5,8-13H2,(H,22,26). The molecule has 2 heterocycles. The van der Waals surface area contributed by atoms with Crippen molar-refractivity contribution >= 4 is 17.5 Å². The molecule has 138 valence electrons. The molecule has 6 heteroatoms. The second-order valence-corrected chi connectivity index (χ2v) is 7.88. The van der Waals surface area contributed by atoms with E-state index in [9.17, 15) is 4.79 Å². The fourth-order valence-electron chi connectivity index (χ4n) is 4.15. The summed E-state index contributed by atoms with van der Waals surface area (Å²) in [6.07, 6.45) is 8.22. The number of hydrogen-bond acceptors (Lipinski definition) is 3. The molecule has 0 unspecified atom stereocenters. The Hall–Kier alpha value is -1.88. The molecule has 0 bridgehead atoms. The normalized spacial score (nSPS) is 18.5. The third-order valence-corrected chi connectivity index (χ3v) is 6.07. The monoisotopic (exact) mass is 372 g/mol. The number of fused-ring (bicyclic) bond motifs is 1. The number of hydrogen-bond donors (Lipinski definition) is 1. The molecule has 5 nitrogen and oxygen atoms in total. The molecule has 0 radical (unpaired) electrons. The Morgan fingerprint density at radius 3 is 2.85 bits per heavy atom. The number of aromatic nitrogens is 3. The highest BCUT2D eigenvalue weighted by atomic mass is 35.5. The molecular formula is C20H25ClN4O. The van der Waals surface area contributed by atoms with Gasteiger partial charge in [-0.1, -0.05) is 36.6 Å². The van der Waals surface area contributed by atoms with E-state index in [1.165, 1.54) is 19.3 Å².